The molecule has 1 aliphatic rings. The lowest BCUT2D eigenvalue weighted by molar-refractivity contribution is -0.182. The van der Waals surface area contributed by atoms with Gasteiger partial charge in [0.1, 0.15) is 5.75 Å². The van der Waals surface area contributed by atoms with Gasteiger partial charge < -0.3 is 10.1 Å². The van der Waals surface area contributed by atoms with Gasteiger partial charge in [0.25, 0.3) is 0 Å². The first kappa shape index (κ1) is 16.6. The molecule has 1 fully saturated rings. The second-order valence-electron chi connectivity index (χ2n) is 5.43. The van der Waals surface area contributed by atoms with Gasteiger partial charge in [-0.05, 0) is 43.9 Å². The van der Waals surface area contributed by atoms with Gasteiger partial charge in [0, 0.05) is 22.6 Å². The van der Waals surface area contributed by atoms with Crippen LogP contribution in [0.25, 0.3) is 0 Å². The van der Waals surface area contributed by atoms with Gasteiger partial charge in [-0.2, -0.15) is 13.2 Å². The first-order valence-electron chi connectivity index (χ1n) is 7.02. The summed E-state index contributed by atoms with van der Waals surface area (Å²) < 4.78 is 44.1. The van der Waals surface area contributed by atoms with Crippen LogP contribution in [-0.4, -0.2) is 19.3 Å². The Hall–Kier alpha value is -0.750. The molecule has 1 N–H and O–H groups in total. The van der Waals surface area contributed by atoms with E-state index >= 15 is 0 Å². The van der Waals surface area contributed by atoms with Gasteiger partial charge in [-0.1, -0.05) is 15.9 Å². The zero-order valence-electron chi connectivity index (χ0n) is 11.8. The topological polar surface area (TPSA) is 21.3 Å². The average molecular weight is 366 g/mol. The molecule has 0 spiro atoms. The highest BCUT2D eigenvalue weighted by Gasteiger charge is 2.41. The monoisotopic (exact) mass is 365 g/mol. The van der Waals surface area contributed by atoms with Crippen LogP contribution in [0.3, 0.4) is 0 Å². The summed E-state index contributed by atoms with van der Waals surface area (Å²) in [6, 6.07) is 5.89. The van der Waals surface area contributed by atoms with E-state index in [1.807, 2.05) is 18.2 Å². The minimum atomic E-state index is -4.04. The molecule has 0 atom stereocenters. The first-order valence-corrected chi connectivity index (χ1v) is 7.82. The summed E-state index contributed by atoms with van der Waals surface area (Å²) in [5.41, 5.74) is 1.00. The van der Waals surface area contributed by atoms with Crippen molar-refractivity contribution in [3.63, 3.8) is 0 Å². The maximum atomic E-state index is 12.6. The van der Waals surface area contributed by atoms with E-state index < -0.39 is 12.1 Å². The summed E-state index contributed by atoms with van der Waals surface area (Å²) in [6.07, 6.45) is -2.47. The van der Waals surface area contributed by atoms with E-state index in [1.54, 1.807) is 7.11 Å². The molecule has 1 aromatic carbocycles. The van der Waals surface area contributed by atoms with E-state index in [-0.39, 0.29) is 18.9 Å². The van der Waals surface area contributed by atoms with Crippen molar-refractivity contribution in [2.75, 3.05) is 7.11 Å². The predicted octanol–water partition coefficient (Wildman–Crippen LogP) is 4.67. The second kappa shape index (κ2) is 7.01. The van der Waals surface area contributed by atoms with Gasteiger partial charge in [0.2, 0.25) is 0 Å². The third kappa shape index (κ3) is 4.61. The van der Waals surface area contributed by atoms with E-state index in [0.717, 1.165) is 15.8 Å². The van der Waals surface area contributed by atoms with Gasteiger partial charge in [-0.3, -0.25) is 0 Å². The molecule has 0 bridgehead atoms. The van der Waals surface area contributed by atoms with Crippen molar-refractivity contribution in [3.8, 4) is 5.75 Å². The van der Waals surface area contributed by atoms with Crippen molar-refractivity contribution in [2.45, 2.75) is 44.4 Å². The van der Waals surface area contributed by atoms with Gasteiger partial charge >= 0.3 is 6.18 Å². The molecular weight excluding hydrogens is 347 g/mol. The Morgan fingerprint density at radius 3 is 2.48 bits per heavy atom. The number of nitrogens with one attached hydrogen (secondary N) is 1. The molecule has 1 aromatic rings. The van der Waals surface area contributed by atoms with Gasteiger partial charge in [-0.15, -0.1) is 0 Å². The fourth-order valence-electron chi connectivity index (χ4n) is 2.76. The molecule has 0 aromatic heterocycles. The fourth-order valence-corrected chi connectivity index (χ4v) is 3.17. The molecule has 2 nitrogen and oxygen atoms in total. The van der Waals surface area contributed by atoms with Gasteiger partial charge in [0.15, 0.2) is 0 Å². The summed E-state index contributed by atoms with van der Waals surface area (Å²) in [4.78, 5) is 0. The largest absolute Gasteiger partial charge is 0.496 e. The quantitative estimate of drug-likeness (QED) is 0.836. The molecule has 118 valence electrons. The molecule has 6 heteroatoms. The number of rotatable bonds is 4. The summed E-state index contributed by atoms with van der Waals surface area (Å²) in [6.45, 7) is 0.601. The highest BCUT2D eigenvalue weighted by atomic mass is 79.9. The summed E-state index contributed by atoms with van der Waals surface area (Å²) in [5.74, 6) is -0.342. The third-order valence-corrected chi connectivity index (χ3v) is 4.51. The smallest absolute Gasteiger partial charge is 0.391 e. The van der Waals surface area contributed by atoms with Crippen LogP contribution >= 0.6 is 15.9 Å². The number of halogens is 4. The fraction of sp³-hybridized carbons (Fsp3) is 0.600. The van der Waals surface area contributed by atoms with Crippen LogP contribution in [-0.2, 0) is 6.54 Å². The van der Waals surface area contributed by atoms with Crippen LogP contribution in [0, 0.1) is 5.92 Å². The first-order chi connectivity index (χ1) is 9.90. The van der Waals surface area contributed by atoms with E-state index in [0.29, 0.717) is 19.4 Å². The highest BCUT2D eigenvalue weighted by Crippen LogP contribution is 2.37. The molecule has 1 saturated carbocycles. The molecule has 0 unspecified atom stereocenters. The molecule has 0 radical (unpaired) electrons. The third-order valence-electron chi connectivity index (χ3n) is 4.01. The Morgan fingerprint density at radius 1 is 1.24 bits per heavy atom. The van der Waals surface area contributed by atoms with Crippen LogP contribution in [0.1, 0.15) is 31.2 Å². The lowest BCUT2D eigenvalue weighted by Crippen LogP contribution is -2.36. The van der Waals surface area contributed by atoms with Crippen LogP contribution in [0.2, 0.25) is 0 Å². The predicted molar refractivity (Wildman–Crippen MR) is 79.3 cm³/mol. The Kier molecular flexibility index (Phi) is 5.54. The SMILES string of the molecule is COc1ccc(Br)cc1CNC1CCC(C(F)(F)F)CC1. The van der Waals surface area contributed by atoms with E-state index in [2.05, 4.69) is 21.2 Å². The zero-order valence-corrected chi connectivity index (χ0v) is 13.4. The highest BCUT2D eigenvalue weighted by molar-refractivity contribution is 9.10. The number of hydrogen-bond acceptors (Lipinski definition) is 2. The van der Waals surface area contributed by atoms with Crippen LogP contribution in [0.5, 0.6) is 5.75 Å². The number of methoxy groups -OCH3 is 1. The Morgan fingerprint density at radius 2 is 1.90 bits per heavy atom. The Bertz CT molecular complexity index is 470. The maximum Gasteiger partial charge on any atom is 0.391 e. The summed E-state index contributed by atoms with van der Waals surface area (Å²) in [5, 5.41) is 3.34. The summed E-state index contributed by atoms with van der Waals surface area (Å²) in [7, 11) is 1.61. The molecule has 0 amide bonds. The van der Waals surface area contributed by atoms with Crippen molar-refractivity contribution in [1.82, 2.24) is 5.32 Å². The standard InChI is InChI=1S/C15H19BrF3NO/c1-21-14-7-4-12(16)8-10(14)9-20-13-5-2-11(3-6-13)15(17,18)19/h4,7-8,11,13,20H,2-3,5-6,9H2,1H3. The van der Waals surface area contributed by atoms with Crippen molar-refractivity contribution in [1.29, 1.82) is 0 Å². The maximum absolute atomic E-state index is 12.6. The minimum absolute atomic E-state index is 0.146. The van der Waals surface area contributed by atoms with Crippen LogP contribution in [0.4, 0.5) is 13.2 Å². The average Bonchev–Trinajstić information content (AvgIpc) is 2.45. The molecule has 21 heavy (non-hydrogen) atoms. The van der Waals surface area contributed by atoms with Crippen molar-refractivity contribution >= 4 is 15.9 Å². The zero-order chi connectivity index (χ0) is 15.5. The molecule has 0 aliphatic heterocycles. The van der Waals surface area contributed by atoms with Crippen molar-refractivity contribution in [3.05, 3.63) is 28.2 Å². The van der Waals surface area contributed by atoms with E-state index in [4.69, 9.17) is 4.74 Å². The van der Waals surface area contributed by atoms with Crippen molar-refractivity contribution < 1.29 is 17.9 Å². The van der Waals surface area contributed by atoms with Gasteiger partial charge in [0.05, 0.1) is 13.0 Å². The molecule has 0 saturated heterocycles. The number of benzene rings is 1. The van der Waals surface area contributed by atoms with E-state index in [9.17, 15) is 13.2 Å². The van der Waals surface area contributed by atoms with E-state index in [1.165, 1.54) is 0 Å². The molecule has 1 aliphatic carbocycles. The molecule has 0 heterocycles. The number of ether oxygens (including phenoxy) is 1. The van der Waals surface area contributed by atoms with Crippen molar-refractivity contribution in [2.24, 2.45) is 5.92 Å². The number of alkyl halides is 3. The van der Waals surface area contributed by atoms with Gasteiger partial charge in [-0.25, -0.2) is 0 Å². The lowest BCUT2D eigenvalue weighted by Gasteiger charge is -2.30. The second-order valence-corrected chi connectivity index (χ2v) is 6.34. The Labute approximate surface area is 131 Å². The van der Waals surface area contributed by atoms with Crippen LogP contribution in [0.15, 0.2) is 22.7 Å². The minimum Gasteiger partial charge on any atom is -0.496 e. The Balaban J connectivity index is 1.86. The number of hydrogen-bond donors (Lipinski definition) is 1. The molecular formula is C15H19BrF3NO. The normalized spacial score (nSPS) is 23.1. The summed E-state index contributed by atoms with van der Waals surface area (Å²) >= 11 is 3.41. The molecule has 2 rings (SSSR count). The lowest BCUT2D eigenvalue weighted by atomic mass is 9.85. The van der Waals surface area contributed by atoms with Crippen LogP contribution < -0.4 is 10.1 Å².